The van der Waals surface area contributed by atoms with Gasteiger partial charge >= 0.3 is 0 Å². The Labute approximate surface area is 123 Å². The number of nitrogens with zero attached hydrogens (tertiary/aromatic N) is 1. The second kappa shape index (κ2) is 7.22. The molecule has 0 fully saturated rings. The average Bonchev–Trinajstić information content (AvgIpc) is 2.98. The summed E-state index contributed by atoms with van der Waals surface area (Å²) in [4.78, 5) is 14.1. The van der Waals surface area contributed by atoms with Gasteiger partial charge in [-0.2, -0.15) is 11.3 Å². The predicted octanol–water partition coefficient (Wildman–Crippen LogP) is 2.87. The third-order valence-corrected chi connectivity index (χ3v) is 4.12. The Kier molecular flexibility index (Phi) is 5.32. The molecule has 0 aliphatic carbocycles. The molecule has 2 rings (SSSR count). The summed E-state index contributed by atoms with van der Waals surface area (Å²) in [5, 5.41) is 13.2. The first kappa shape index (κ1) is 14.8. The van der Waals surface area contributed by atoms with Crippen molar-refractivity contribution in [3.8, 4) is 0 Å². The SMILES string of the molecule is CN(C(=O)Cc1ccsc1)C(CCO)c1ccccc1. The monoisotopic (exact) mass is 289 g/mol. The minimum atomic E-state index is -0.0765. The van der Waals surface area contributed by atoms with Gasteiger partial charge in [-0.25, -0.2) is 0 Å². The number of benzene rings is 1. The maximum absolute atomic E-state index is 12.3. The minimum absolute atomic E-state index is 0.0651. The second-order valence-electron chi connectivity index (χ2n) is 4.75. The van der Waals surface area contributed by atoms with E-state index in [4.69, 9.17) is 0 Å². The van der Waals surface area contributed by atoms with Crippen LogP contribution >= 0.6 is 11.3 Å². The standard InChI is InChI=1S/C16H19NO2S/c1-17(16(19)11-13-8-10-20-12-13)15(7-9-18)14-5-3-2-4-6-14/h2-6,8,10,12,15,18H,7,9,11H2,1H3. The van der Waals surface area contributed by atoms with Gasteiger partial charge in [0.25, 0.3) is 0 Å². The van der Waals surface area contributed by atoms with Crippen LogP contribution in [0.25, 0.3) is 0 Å². The fraction of sp³-hybridized carbons (Fsp3) is 0.312. The van der Waals surface area contributed by atoms with Gasteiger partial charge < -0.3 is 10.0 Å². The maximum Gasteiger partial charge on any atom is 0.227 e. The molecular formula is C16H19NO2S. The molecule has 0 aliphatic heterocycles. The van der Waals surface area contributed by atoms with Gasteiger partial charge in [-0.1, -0.05) is 30.3 Å². The zero-order valence-corrected chi connectivity index (χ0v) is 12.3. The van der Waals surface area contributed by atoms with E-state index in [1.54, 1.807) is 16.2 Å². The summed E-state index contributed by atoms with van der Waals surface area (Å²) in [5.74, 6) is 0.0747. The number of aliphatic hydroxyl groups excluding tert-OH is 1. The zero-order valence-electron chi connectivity index (χ0n) is 11.5. The van der Waals surface area contributed by atoms with Gasteiger partial charge in [0.2, 0.25) is 5.91 Å². The average molecular weight is 289 g/mol. The molecule has 1 aromatic carbocycles. The predicted molar refractivity (Wildman–Crippen MR) is 81.7 cm³/mol. The van der Waals surface area contributed by atoms with Crippen LogP contribution in [0.1, 0.15) is 23.6 Å². The molecule has 0 aliphatic rings. The molecule has 1 atom stereocenters. The number of carbonyl (C=O) groups excluding carboxylic acids is 1. The first-order valence-corrected chi connectivity index (χ1v) is 7.59. The van der Waals surface area contributed by atoms with E-state index in [-0.39, 0.29) is 18.6 Å². The highest BCUT2D eigenvalue weighted by Crippen LogP contribution is 2.23. The van der Waals surface area contributed by atoms with E-state index in [0.717, 1.165) is 11.1 Å². The quantitative estimate of drug-likeness (QED) is 0.888. The van der Waals surface area contributed by atoms with E-state index in [1.165, 1.54) is 0 Å². The number of carbonyl (C=O) groups is 1. The smallest absolute Gasteiger partial charge is 0.227 e. The molecule has 0 spiro atoms. The van der Waals surface area contributed by atoms with Crippen LogP contribution in [0, 0.1) is 0 Å². The molecule has 0 bridgehead atoms. The molecule has 20 heavy (non-hydrogen) atoms. The number of likely N-dealkylation sites (N-methyl/N-ethyl adjacent to an activating group) is 1. The molecule has 3 nitrogen and oxygen atoms in total. The third-order valence-electron chi connectivity index (χ3n) is 3.38. The molecule has 1 amide bonds. The van der Waals surface area contributed by atoms with E-state index in [0.29, 0.717) is 12.8 Å². The van der Waals surface area contributed by atoms with Gasteiger partial charge in [0.05, 0.1) is 12.5 Å². The van der Waals surface area contributed by atoms with Gasteiger partial charge in [-0.3, -0.25) is 4.79 Å². The fourth-order valence-corrected chi connectivity index (χ4v) is 2.92. The van der Waals surface area contributed by atoms with Crippen molar-refractivity contribution in [1.29, 1.82) is 0 Å². The molecular weight excluding hydrogens is 270 g/mol. The van der Waals surface area contributed by atoms with Crippen molar-refractivity contribution in [1.82, 2.24) is 4.90 Å². The lowest BCUT2D eigenvalue weighted by Crippen LogP contribution is -2.33. The lowest BCUT2D eigenvalue weighted by Gasteiger charge is -2.28. The highest BCUT2D eigenvalue weighted by atomic mass is 32.1. The maximum atomic E-state index is 12.3. The number of amides is 1. The Balaban J connectivity index is 2.10. The van der Waals surface area contributed by atoms with Crippen LogP contribution in [0.3, 0.4) is 0 Å². The second-order valence-corrected chi connectivity index (χ2v) is 5.53. The van der Waals surface area contributed by atoms with E-state index in [1.807, 2.05) is 54.2 Å². The molecule has 2 aromatic rings. The van der Waals surface area contributed by atoms with Crippen molar-refractivity contribution in [2.24, 2.45) is 0 Å². The van der Waals surface area contributed by atoms with Crippen LogP contribution in [0.4, 0.5) is 0 Å². The van der Waals surface area contributed by atoms with Gasteiger partial charge in [0, 0.05) is 13.7 Å². The summed E-state index contributed by atoms with van der Waals surface area (Å²) >= 11 is 1.60. The van der Waals surface area contributed by atoms with Gasteiger partial charge in [-0.05, 0) is 34.4 Å². The van der Waals surface area contributed by atoms with Crippen molar-refractivity contribution < 1.29 is 9.90 Å². The Morgan fingerprint density at radius 1 is 1.30 bits per heavy atom. The van der Waals surface area contributed by atoms with E-state index in [2.05, 4.69) is 0 Å². The lowest BCUT2D eigenvalue weighted by molar-refractivity contribution is -0.131. The van der Waals surface area contributed by atoms with E-state index >= 15 is 0 Å². The third kappa shape index (κ3) is 3.68. The van der Waals surface area contributed by atoms with E-state index in [9.17, 15) is 9.90 Å². The highest BCUT2D eigenvalue weighted by molar-refractivity contribution is 7.07. The Hall–Kier alpha value is -1.65. The summed E-state index contributed by atoms with van der Waals surface area (Å²) in [5.41, 5.74) is 2.10. The number of aliphatic hydroxyl groups is 1. The topological polar surface area (TPSA) is 40.5 Å². The van der Waals surface area contributed by atoms with Crippen LogP contribution < -0.4 is 0 Å². The number of thiophene rings is 1. The van der Waals surface area contributed by atoms with Crippen LogP contribution in [-0.4, -0.2) is 29.6 Å². The fourth-order valence-electron chi connectivity index (χ4n) is 2.25. The molecule has 1 heterocycles. The van der Waals surface area contributed by atoms with Crippen molar-refractivity contribution >= 4 is 17.2 Å². The molecule has 1 N–H and O–H groups in total. The first-order valence-electron chi connectivity index (χ1n) is 6.65. The van der Waals surface area contributed by atoms with Crippen molar-refractivity contribution in [3.63, 3.8) is 0 Å². The van der Waals surface area contributed by atoms with Crippen LogP contribution in [0.5, 0.6) is 0 Å². The zero-order chi connectivity index (χ0) is 14.4. The number of hydrogen-bond acceptors (Lipinski definition) is 3. The van der Waals surface area contributed by atoms with Crippen LogP contribution in [-0.2, 0) is 11.2 Å². The Bertz CT molecular complexity index is 525. The van der Waals surface area contributed by atoms with Gasteiger partial charge in [0.15, 0.2) is 0 Å². The van der Waals surface area contributed by atoms with Gasteiger partial charge in [0.1, 0.15) is 0 Å². The van der Waals surface area contributed by atoms with Crippen molar-refractivity contribution in [2.75, 3.05) is 13.7 Å². The summed E-state index contributed by atoms with van der Waals surface area (Å²) in [7, 11) is 1.81. The Morgan fingerprint density at radius 3 is 2.65 bits per heavy atom. The van der Waals surface area contributed by atoms with Crippen molar-refractivity contribution in [3.05, 3.63) is 58.3 Å². The first-order chi connectivity index (χ1) is 9.72. The summed E-state index contributed by atoms with van der Waals surface area (Å²) in [6, 6.07) is 11.7. The highest BCUT2D eigenvalue weighted by Gasteiger charge is 2.21. The normalized spacial score (nSPS) is 12.1. The molecule has 106 valence electrons. The molecule has 4 heteroatoms. The molecule has 0 saturated heterocycles. The molecule has 1 unspecified atom stereocenters. The van der Waals surface area contributed by atoms with Crippen LogP contribution in [0.2, 0.25) is 0 Å². The lowest BCUT2D eigenvalue weighted by atomic mass is 10.0. The summed E-state index contributed by atoms with van der Waals surface area (Å²) in [6.07, 6.45) is 0.963. The number of rotatable bonds is 6. The number of hydrogen-bond donors (Lipinski definition) is 1. The summed E-state index contributed by atoms with van der Waals surface area (Å²) in [6.45, 7) is 0.0651. The minimum Gasteiger partial charge on any atom is -0.396 e. The van der Waals surface area contributed by atoms with Gasteiger partial charge in [-0.15, -0.1) is 0 Å². The molecule has 0 saturated carbocycles. The van der Waals surface area contributed by atoms with Crippen LogP contribution in [0.15, 0.2) is 47.2 Å². The Morgan fingerprint density at radius 2 is 2.05 bits per heavy atom. The molecule has 1 aromatic heterocycles. The largest absolute Gasteiger partial charge is 0.396 e. The van der Waals surface area contributed by atoms with Crippen molar-refractivity contribution in [2.45, 2.75) is 18.9 Å². The summed E-state index contributed by atoms with van der Waals surface area (Å²) < 4.78 is 0. The molecule has 0 radical (unpaired) electrons. The van der Waals surface area contributed by atoms with E-state index < -0.39 is 0 Å².